The molecule has 0 aliphatic carbocycles. The van der Waals surface area contributed by atoms with E-state index in [9.17, 15) is 5.11 Å². The van der Waals surface area contributed by atoms with Gasteiger partial charge >= 0.3 is 0 Å². The van der Waals surface area contributed by atoms with E-state index in [1.54, 1.807) is 0 Å². The zero-order chi connectivity index (χ0) is 9.78. The first kappa shape index (κ1) is 12.0. The third kappa shape index (κ3) is 3.14. The predicted molar refractivity (Wildman–Crippen MR) is 54.1 cm³/mol. The molecular weight excluding hydrogens is 148 g/mol. The van der Waals surface area contributed by atoms with Gasteiger partial charge in [0.2, 0.25) is 0 Å². The maximum absolute atomic E-state index is 9.30. The van der Waals surface area contributed by atoms with Gasteiger partial charge in [0.15, 0.2) is 0 Å². The summed E-state index contributed by atoms with van der Waals surface area (Å²) in [5, 5.41) is 9.30. The van der Waals surface area contributed by atoms with Crippen LogP contribution in [0.1, 0.15) is 47.5 Å². The number of hydrogen-bond acceptors (Lipinski definition) is 1. The number of aliphatic hydroxyl groups is 1. The lowest BCUT2D eigenvalue weighted by molar-refractivity contribution is 0.0693. The first-order valence-corrected chi connectivity index (χ1v) is 5.07. The lowest BCUT2D eigenvalue weighted by atomic mass is 9.73. The van der Waals surface area contributed by atoms with Crippen LogP contribution in [0.25, 0.3) is 0 Å². The zero-order valence-electron chi connectivity index (χ0n) is 9.22. The van der Waals surface area contributed by atoms with Gasteiger partial charge in [-0.25, -0.2) is 0 Å². The van der Waals surface area contributed by atoms with Crippen LogP contribution in [0, 0.1) is 17.3 Å². The highest BCUT2D eigenvalue weighted by molar-refractivity contribution is 4.78. The van der Waals surface area contributed by atoms with Crippen molar-refractivity contribution >= 4 is 0 Å². The Balaban J connectivity index is 4.14. The molecule has 0 saturated carbocycles. The van der Waals surface area contributed by atoms with Crippen molar-refractivity contribution in [3.05, 3.63) is 0 Å². The minimum Gasteiger partial charge on any atom is -0.396 e. The van der Waals surface area contributed by atoms with Crippen molar-refractivity contribution < 1.29 is 5.11 Å². The number of aliphatic hydroxyl groups excluding tert-OH is 1. The van der Waals surface area contributed by atoms with Gasteiger partial charge in [0, 0.05) is 6.61 Å². The number of rotatable bonds is 5. The molecule has 0 aliphatic heterocycles. The summed E-state index contributed by atoms with van der Waals surface area (Å²) in [6, 6.07) is 0. The normalized spacial score (nSPS) is 19.2. The van der Waals surface area contributed by atoms with Gasteiger partial charge in [-0.1, -0.05) is 41.0 Å². The van der Waals surface area contributed by atoms with Gasteiger partial charge in [0.05, 0.1) is 0 Å². The van der Waals surface area contributed by atoms with Gasteiger partial charge in [0.1, 0.15) is 0 Å². The van der Waals surface area contributed by atoms with E-state index in [1.807, 2.05) is 0 Å². The van der Waals surface area contributed by atoms with E-state index < -0.39 is 0 Å². The quantitative estimate of drug-likeness (QED) is 0.675. The van der Waals surface area contributed by atoms with E-state index in [0.717, 1.165) is 12.3 Å². The van der Waals surface area contributed by atoms with E-state index in [4.69, 9.17) is 0 Å². The predicted octanol–water partition coefficient (Wildman–Crippen LogP) is 3.08. The molecule has 1 nitrogen and oxygen atoms in total. The minimum atomic E-state index is 0.120. The van der Waals surface area contributed by atoms with E-state index in [2.05, 4.69) is 34.6 Å². The van der Waals surface area contributed by atoms with Crippen molar-refractivity contribution in [2.45, 2.75) is 47.5 Å². The molecule has 0 aromatic carbocycles. The molecule has 1 N–H and O–H groups in total. The number of hydrogen-bond donors (Lipinski definition) is 1. The van der Waals surface area contributed by atoms with Crippen LogP contribution in [0.4, 0.5) is 0 Å². The highest BCUT2D eigenvalue weighted by atomic mass is 16.3. The summed E-state index contributed by atoms with van der Waals surface area (Å²) < 4.78 is 0. The average molecular weight is 172 g/mol. The second-order valence-corrected chi connectivity index (χ2v) is 4.68. The fourth-order valence-electron chi connectivity index (χ4n) is 1.42. The van der Waals surface area contributed by atoms with E-state index in [0.29, 0.717) is 12.5 Å². The molecule has 0 aromatic heterocycles. The standard InChI is InChI=1S/C11H24O/c1-6-10(4)7-11(5,8-12)9(2)3/h9-10,12H,6-8H2,1-5H3. The van der Waals surface area contributed by atoms with Gasteiger partial charge in [-0.3, -0.25) is 0 Å². The molecule has 0 rings (SSSR count). The summed E-state index contributed by atoms with van der Waals surface area (Å²) in [4.78, 5) is 0. The van der Waals surface area contributed by atoms with E-state index in [1.165, 1.54) is 6.42 Å². The fraction of sp³-hybridized carbons (Fsp3) is 1.00. The van der Waals surface area contributed by atoms with Crippen LogP contribution < -0.4 is 0 Å². The van der Waals surface area contributed by atoms with Crippen LogP contribution >= 0.6 is 0 Å². The van der Waals surface area contributed by atoms with E-state index >= 15 is 0 Å². The maximum atomic E-state index is 9.30. The van der Waals surface area contributed by atoms with Crippen molar-refractivity contribution in [3.8, 4) is 0 Å². The smallest absolute Gasteiger partial charge is 0.0487 e. The van der Waals surface area contributed by atoms with Crippen LogP contribution in [0.5, 0.6) is 0 Å². The highest BCUT2D eigenvalue weighted by Crippen LogP contribution is 2.34. The third-order valence-corrected chi connectivity index (χ3v) is 3.27. The Morgan fingerprint density at radius 3 is 2.00 bits per heavy atom. The Labute approximate surface area is 77.2 Å². The first-order chi connectivity index (χ1) is 5.46. The fourth-order valence-corrected chi connectivity index (χ4v) is 1.42. The zero-order valence-corrected chi connectivity index (χ0v) is 9.22. The lowest BCUT2D eigenvalue weighted by Gasteiger charge is -2.34. The molecule has 0 aliphatic rings. The van der Waals surface area contributed by atoms with Crippen LogP contribution in [-0.2, 0) is 0 Å². The van der Waals surface area contributed by atoms with Crippen molar-refractivity contribution in [1.29, 1.82) is 0 Å². The van der Waals surface area contributed by atoms with E-state index in [-0.39, 0.29) is 5.41 Å². The Morgan fingerprint density at radius 1 is 1.25 bits per heavy atom. The van der Waals surface area contributed by atoms with Crippen molar-refractivity contribution in [1.82, 2.24) is 0 Å². The molecule has 12 heavy (non-hydrogen) atoms. The molecule has 2 atom stereocenters. The summed E-state index contributed by atoms with van der Waals surface area (Å²) in [5.74, 6) is 1.29. The highest BCUT2D eigenvalue weighted by Gasteiger charge is 2.28. The lowest BCUT2D eigenvalue weighted by Crippen LogP contribution is -2.29. The first-order valence-electron chi connectivity index (χ1n) is 5.07. The molecule has 0 aromatic rings. The molecule has 0 heterocycles. The van der Waals surface area contributed by atoms with Crippen LogP contribution in [0.15, 0.2) is 0 Å². The molecule has 0 spiro atoms. The summed E-state index contributed by atoms with van der Waals surface area (Å²) in [5.41, 5.74) is 0.120. The van der Waals surface area contributed by atoms with Gasteiger partial charge < -0.3 is 5.11 Å². The van der Waals surface area contributed by atoms with Gasteiger partial charge in [-0.2, -0.15) is 0 Å². The van der Waals surface area contributed by atoms with Crippen LogP contribution in [0.2, 0.25) is 0 Å². The molecule has 2 unspecified atom stereocenters. The molecule has 0 fully saturated rings. The van der Waals surface area contributed by atoms with Crippen LogP contribution in [0.3, 0.4) is 0 Å². The Kier molecular flexibility index (Phi) is 4.84. The summed E-state index contributed by atoms with van der Waals surface area (Å²) >= 11 is 0. The average Bonchev–Trinajstić information content (AvgIpc) is 2.03. The monoisotopic (exact) mass is 172 g/mol. The molecule has 0 radical (unpaired) electrons. The third-order valence-electron chi connectivity index (χ3n) is 3.27. The van der Waals surface area contributed by atoms with Crippen molar-refractivity contribution in [2.24, 2.45) is 17.3 Å². The molecule has 0 amide bonds. The molecular formula is C11H24O. The largest absolute Gasteiger partial charge is 0.396 e. The van der Waals surface area contributed by atoms with Crippen molar-refractivity contribution in [2.75, 3.05) is 6.61 Å². The minimum absolute atomic E-state index is 0.120. The Hall–Kier alpha value is -0.0400. The second kappa shape index (κ2) is 4.86. The maximum Gasteiger partial charge on any atom is 0.0487 e. The second-order valence-electron chi connectivity index (χ2n) is 4.68. The summed E-state index contributed by atoms with van der Waals surface area (Å²) in [6.07, 6.45) is 2.35. The molecule has 1 heteroatoms. The summed E-state index contributed by atoms with van der Waals surface area (Å²) in [6.45, 7) is 11.4. The molecule has 74 valence electrons. The Bertz CT molecular complexity index is 120. The van der Waals surface area contributed by atoms with Gasteiger partial charge in [0.25, 0.3) is 0 Å². The molecule has 0 bridgehead atoms. The topological polar surface area (TPSA) is 20.2 Å². The Morgan fingerprint density at radius 2 is 1.75 bits per heavy atom. The molecule has 0 saturated heterocycles. The van der Waals surface area contributed by atoms with Gasteiger partial charge in [-0.05, 0) is 23.7 Å². The SMILES string of the molecule is CCC(C)CC(C)(CO)C(C)C. The summed E-state index contributed by atoms with van der Waals surface area (Å²) in [7, 11) is 0. The van der Waals surface area contributed by atoms with Crippen molar-refractivity contribution in [3.63, 3.8) is 0 Å². The van der Waals surface area contributed by atoms with Gasteiger partial charge in [-0.15, -0.1) is 0 Å². The van der Waals surface area contributed by atoms with Crippen LogP contribution in [-0.4, -0.2) is 11.7 Å².